The third-order valence-electron chi connectivity index (χ3n) is 0.823. The second-order valence-electron chi connectivity index (χ2n) is 1.58. The van der Waals surface area contributed by atoms with E-state index in [1.54, 1.807) is 0 Å². The van der Waals surface area contributed by atoms with Crippen molar-refractivity contribution < 1.29 is 14.0 Å². The van der Waals surface area contributed by atoms with Crippen LogP contribution in [-0.2, 0) is 9.09 Å². The normalized spacial score (nSPS) is 9.45. The zero-order valence-corrected chi connectivity index (χ0v) is 7.07. The summed E-state index contributed by atoms with van der Waals surface area (Å²) in [7, 11) is -1.18. The van der Waals surface area contributed by atoms with E-state index in [0.29, 0.717) is 0 Å². The third-order valence-corrected chi connectivity index (χ3v) is 1.14. The van der Waals surface area contributed by atoms with E-state index in [1.165, 1.54) is 7.11 Å². The Labute approximate surface area is 66.6 Å². The van der Waals surface area contributed by atoms with Gasteiger partial charge in [0.1, 0.15) is 0 Å². The standard InChI is InChI=1S/C6H6.CH3O3P/c1-2-4-6-5-3-1;1-4-5(2)3/h1-6H;1H3/p+1. The molecule has 0 aliphatic rings. The van der Waals surface area contributed by atoms with Crippen LogP contribution in [0.4, 0.5) is 0 Å². The molecule has 11 heavy (non-hydrogen) atoms. The molecule has 1 N–H and O–H groups in total. The van der Waals surface area contributed by atoms with E-state index in [9.17, 15) is 4.57 Å². The zero-order chi connectivity index (χ0) is 8.53. The van der Waals surface area contributed by atoms with Crippen LogP contribution in [0, 0.1) is 0 Å². The van der Waals surface area contributed by atoms with Crippen molar-refractivity contribution in [2.45, 2.75) is 0 Å². The summed E-state index contributed by atoms with van der Waals surface area (Å²) in [5.41, 5.74) is 0. The van der Waals surface area contributed by atoms with E-state index in [4.69, 9.17) is 4.89 Å². The minimum absolute atomic E-state index is 1.17. The minimum atomic E-state index is -2.35. The highest BCUT2D eigenvalue weighted by Crippen LogP contribution is 2.09. The first-order chi connectivity index (χ1) is 5.27. The van der Waals surface area contributed by atoms with Crippen molar-refractivity contribution in [2.24, 2.45) is 0 Å². The van der Waals surface area contributed by atoms with Crippen LogP contribution in [0.3, 0.4) is 0 Å². The number of hydrogen-bond donors (Lipinski definition) is 1. The summed E-state index contributed by atoms with van der Waals surface area (Å²) in [6.45, 7) is 0. The van der Waals surface area contributed by atoms with Crippen LogP contribution < -0.4 is 0 Å². The van der Waals surface area contributed by atoms with Gasteiger partial charge in [0.2, 0.25) is 0 Å². The highest BCUT2D eigenvalue weighted by molar-refractivity contribution is 7.32. The van der Waals surface area contributed by atoms with Gasteiger partial charge in [0, 0.05) is 4.57 Å². The molecular formula is C7H10O3P+. The highest BCUT2D eigenvalue weighted by Gasteiger charge is 2.02. The molecule has 0 fully saturated rings. The van der Waals surface area contributed by atoms with E-state index in [-0.39, 0.29) is 0 Å². The topological polar surface area (TPSA) is 46.5 Å². The lowest BCUT2D eigenvalue weighted by Crippen LogP contribution is -1.57. The summed E-state index contributed by atoms with van der Waals surface area (Å²) in [6, 6.07) is 12.0. The van der Waals surface area contributed by atoms with Crippen molar-refractivity contribution >= 4 is 8.25 Å². The van der Waals surface area contributed by atoms with Crippen molar-refractivity contribution in [3.05, 3.63) is 36.4 Å². The lowest BCUT2D eigenvalue weighted by molar-refractivity contribution is 0.343. The molecule has 4 heteroatoms. The molecule has 0 radical (unpaired) electrons. The van der Waals surface area contributed by atoms with Crippen molar-refractivity contribution in [1.82, 2.24) is 0 Å². The molecule has 1 atom stereocenters. The van der Waals surface area contributed by atoms with Gasteiger partial charge in [0.05, 0.1) is 7.11 Å². The van der Waals surface area contributed by atoms with Crippen LogP contribution in [0.15, 0.2) is 36.4 Å². The molecule has 0 saturated heterocycles. The molecule has 0 heterocycles. The zero-order valence-electron chi connectivity index (χ0n) is 6.18. The second kappa shape index (κ2) is 7.35. The molecule has 60 valence electrons. The Morgan fingerprint density at radius 2 is 1.27 bits per heavy atom. The molecular weight excluding hydrogens is 163 g/mol. The fraction of sp³-hybridized carbons (Fsp3) is 0.143. The Balaban J connectivity index is 0.000000187. The van der Waals surface area contributed by atoms with Crippen LogP contribution in [-0.4, -0.2) is 12.0 Å². The summed E-state index contributed by atoms with van der Waals surface area (Å²) in [5.74, 6) is 0. The number of benzene rings is 1. The van der Waals surface area contributed by atoms with Crippen LogP contribution in [0.25, 0.3) is 0 Å². The molecule has 1 rings (SSSR count). The van der Waals surface area contributed by atoms with E-state index < -0.39 is 8.25 Å². The minimum Gasteiger partial charge on any atom is -0.133 e. The molecule has 0 spiro atoms. The maximum absolute atomic E-state index is 9.29. The molecule has 3 nitrogen and oxygen atoms in total. The SMILES string of the molecule is CO[P+](=O)O.c1ccccc1. The van der Waals surface area contributed by atoms with Gasteiger partial charge in [-0.15, -0.1) is 9.42 Å². The van der Waals surface area contributed by atoms with Gasteiger partial charge in [0.15, 0.2) is 0 Å². The van der Waals surface area contributed by atoms with Gasteiger partial charge in [-0.05, 0) is 0 Å². The molecule has 0 bridgehead atoms. The Hall–Kier alpha value is -0.760. The predicted molar refractivity (Wildman–Crippen MR) is 43.3 cm³/mol. The Kier molecular flexibility index (Phi) is 6.84. The largest absolute Gasteiger partial charge is 0.694 e. The fourth-order valence-electron chi connectivity index (χ4n) is 0.385. The summed E-state index contributed by atoms with van der Waals surface area (Å²) < 4.78 is 13.1. The maximum atomic E-state index is 9.29. The fourth-order valence-corrected chi connectivity index (χ4v) is 0.385. The number of rotatable bonds is 1. The molecule has 1 unspecified atom stereocenters. The van der Waals surface area contributed by atoms with E-state index in [1.807, 2.05) is 36.4 Å². The Morgan fingerprint density at radius 3 is 1.36 bits per heavy atom. The molecule has 1 aromatic rings. The Bertz CT molecular complexity index is 161. The third kappa shape index (κ3) is 9.24. The van der Waals surface area contributed by atoms with E-state index >= 15 is 0 Å². The molecule has 0 saturated carbocycles. The van der Waals surface area contributed by atoms with Gasteiger partial charge >= 0.3 is 8.25 Å². The van der Waals surface area contributed by atoms with Gasteiger partial charge < -0.3 is 0 Å². The first-order valence-corrected chi connectivity index (χ1v) is 4.10. The smallest absolute Gasteiger partial charge is 0.133 e. The summed E-state index contributed by atoms with van der Waals surface area (Å²) in [6.07, 6.45) is 0. The number of hydrogen-bond acceptors (Lipinski definition) is 2. The summed E-state index contributed by atoms with van der Waals surface area (Å²) in [5, 5.41) is 0. The Morgan fingerprint density at radius 1 is 1.09 bits per heavy atom. The second-order valence-corrected chi connectivity index (χ2v) is 2.42. The lowest BCUT2D eigenvalue weighted by atomic mass is 10.4. The molecule has 0 aliphatic heterocycles. The predicted octanol–water partition coefficient (Wildman–Crippen LogP) is 1.97. The average Bonchev–Trinajstić information content (AvgIpc) is 2.09. The van der Waals surface area contributed by atoms with Gasteiger partial charge in [-0.1, -0.05) is 36.4 Å². The van der Waals surface area contributed by atoms with E-state index in [2.05, 4.69) is 4.52 Å². The first kappa shape index (κ1) is 10.2. The van der Waals surface area contributed by atoms with Crippen molar-refractivity contribution in [3.8, 4) is 0 Å². The van der Waals surface area contributed by atoms with Crippen LogP contribution in [0.2, 0.25) is 0 Å². The summed E-state index contributed by atoms with van der Waals surface area (Å²) in [4.78, 5) is 7.65. The van der Waals surface area contributed by atoms with Crippen molar-refractivity contribution in [1.29, 1.82) is 0 Å². The van der Waals surface area contributed by atoms with Crippen molar-refractivity contribution in [3.63, 3.8) is 0 Å². The maximum Gasteiger partial charge on any atom is 0.694 e. The van der Waals surface area contributed by atoms with Crippen LogP contribution in [0.5, 0.6) is 0 Å². The van der Waals surface area contributed by atoms with Gasteiger partial charge in [0.25, 0.3) is 0 Å². The average molecular weight is 173 g/mol. The molecule has 0 amide bonds. The van der Waals surface area contributed by atoms with Gasteiger partial charge in [-0.25, -0.2) is 0 Å². The lowest BCUT2D eigenvalue weighted by Gasteiger charge is -1.69. The van der Waals surface area contributed by atoms with Gasteiger partial charge in [-0.2, -0.15) is 0 Å². The van der Waals surface area contributed by atoms with Gasteiger partial charge in [-0.3, -0.25) is 0 Å². The molecule has 1 aromatic carbocycles. The monoisotopic (exact) mass is 173 g/mol. The highest BCUT2D eigenvalue weighted by atomic mass is 31.1. The van der Waals surface area contributed by atoms with Crippen molar-refractivity contribution in [2.75, 3.05) is 7.11 Å². The first-order valence-electron chi connectivity index (χ1n) is 2.97. The van der Waals surface area contributed by atoms with Crippen LogP contribution in [0.1, 0.15) is 0 Å². The van der Waals surface area contributed by atoms with E-state index in [0.717, 1.165) is 0 Å². The summed E-state index contributed by atoms with van der Waals surface area (Å²) >= 11 is 0. The quantitative estimate of drug-likeness (QED) is 0.660. The molecule has 0 aromatic heterocycles. The van der Waals surface area contributed by atoms with Crippen LogP contribution >= 0.6 is 8.25 Å². The molecule has 0 aliphatic carbocycles.